The molecule has 4 nitrogen and oxygen atoms in total. The summed E-state index contributed by atoms with van der Waals surface area (Å²) in [6.45, 7) is 9.31. The highest BCUT2D eigenvalue weighted by Crippen LogP contribution is 2.24. The predicted octanol–water partition coefficient (Wildman–Crippen LogP) is 5.61. The van der Waals surface area contributed by atoms with E-state index in [0.29, 0.717) is 31.0 Å². The number of rotatable bonds is 6. The molecule has 3 rings (SSSR count). The summed E-state index contributed by atoms with van der Waals surface area (Å²) in [5.41, 5.74) is 4.16. The van der Waals surface area contributed by atoms with E-state index in [2.05, 4.69) is 45.0 Å². The lowest BCUT2D eigenvalue weighted by molar-refractivity contribution is -0.135. The molecule has 0 aliphatic carbocycles. The van der Waals surface area contributed by atoms with Gasteiger partial charge in [0.25, 0.3) is 0 Å². The first-order valence-electron chi connectivity index (χ1n) is 10.0. The SMILES string of the molecule is Cc1ccccc1C1=NO[C@@H](CN(Cc2cccc(Cl)c2)C(=O)CC(C)(C)C)C1. The molecular formula is C24H29ClN2O2. The van der Waals surface area contributed by atoms with Gasteiger partial charge in [0.15, 0.2) is 6.10 Å². The predicted molar refractivity (Wildman–Crippen MR) is 118 cm³/mol. The first-order valence-corrected chi connectivity index (χ1v) is 10.4. The first kappa shape index (κ1) is 21.4. The normalized spacial score (nSPS) is 16.3. The van der Waals surface area contributed by atoms with Crippen LogP contribution in [0.1, 0.15) is 50.3 Å². The third-order valence-electron chi connectivity index (χ3n) is 4.91. The number of benzene rings is 2. The fourth-order valence-electron chi connectivity index (χ4n) is 3.50. The average molecular weight is 413 g/mol. The number of carbonyl (C=O) groups is 1. The highest BCUT2D eigenvalue weighted by Gasteiger charge is 2.29. The number of carbonyl (C=O) groups excluding carboxylic acids is 1. The third kappa shape index (κ3) is 6.07. The Bertz CT molecular complexity index is 902. The number of amides is 1. The van der Waals surface area contributed by atoms with Gasteiger partial charge in [0.1, 0.15) is 0 Å². The van der Waals surface area contributed by atoms with Crippen molar-refractivity contribution in [1.82, 2.24) is 4.90 Å². The Hall–Kier alpha value is -2.33. The molecule has 5 heteroatoms. The molecule has 1 heterocycles. The Morgan fingerprint density at radius 3 is 2.66 bits per heavy atom. The first-order chi connectivity index (χ1) is 13.7. The zero-order valence-corrected chi connectivity index (χ0v) is 18.4. The van der Waals surface area contributed by atoms with Crippen molar-refractivity contribution in [2.45, 2.75) is 53.2 Å². The van der Waals surface area contributed by atoms with Gasteiger partial charge in [-0.3, -0.25) is 4.79 Å². The summed E-state index contributed by atoms with van der Waals surface area (Å²) in [7, 11) is 0. The van der Waals surface area contributed by atoms with Crippen LogP contribution in [0.4, 0.5) is 0 Å². The smallest absolute Gasteiger partial charge is 0.223 e. The lowest BCUT2D eigenvalue weighted by atomic mass is 9.91. The number of oxime groups is 1. The molecule has 0 radical (unpaired) electrons. The summed E-state index contributed by atoms with van der Waals surface area (Å²) in [5, 5.41) is 4.99. The Morgan fingerprint density at radius 2 is 1.97 bits per heavy atom. The average Bonchev–Trinajstić information content (AvgIpc) is 3.08. The van der Waals surface area contributed by atoms with Crippen LogP contribution in [0.25, 0.3) is 0 Å². The summed E-state index contributed by atoms with van der Waals surface area (Å²) in [6.07, 6.45) is 1.03. The molecular weight excluding hydrogens is 384 g/mol. The van der Waals surface area contributed by atoms with Gasteiger partial charge in [-0.1, -0.05) is 73.9 Å². The topological polar surface area (TPSA) is 41.9 Å². The van der Waals surface area contributed by atoms with Crippen LogP contribution in [0.15, 0.2) is 53.7 Å². The lowest BCUT2D eigenvalue weighted by Gasteiger charge is -2.28. The Balaban J connectivity index is 1.71. The van der Waals surface area contributed by atoms with E-state index < -0.39 is 0 Å². The molecule has 154 valence electrons. The number of aryl methyl sites for hydroxylation is 1. The molecule has 0 saturated carbocycles. The van der Waals surface area contributed by atoms with Gasteiger partial charge in [-0.05, 0) is 35.6 Å². The fourth-order valence-corrected chi connectivity index (χ4v) is 3.72. The van der Waals surface area contributed by atoms with Gasteiger partial charge in [0.2, 0.25) is 5.91 Å². The minimum atomic E-state index is -0.146. The van der Waals surface area contributed by atoms with Crippen LogP contribution < -0.4 is 0 Å². The van der Waals surface area contributed by atoms with E-state index in [1.807, 2.05) is 41.3 Å². The van der Waals surface area contributed by atoms with Gasteiger partial charge < -0.3 is 9.74 Å². The van der Waals surface area contributed by atoms with Crippen molar-refractivity contribution in [2.75, 3.05) is 6.54 Å². The standard InChI is InChI=1S/C24H29ClN2O2/c1-17-8-5-6-11-21(17)22-13-20(29-26-22)16-27(23(28)14-24(2,3)4)15-18-9-7-10-19(25)12-18/h5-12,20H,13-16H2,1-4H3/t20-/m1/s1. The molecule has 1 aliphatic heterocycles. The zero-order chi connectivity index (χ0) is 21.0. The molecule has 0 saturated heterocycles. The van der Waals surface area contributed by atoms with Gasteiger partial charge >= 0.3 is 0 Å². The second-order valence-corrected chi connectivity index (χ2v) is 9.36. The van der Waals surface area contributed by atoms with Crippen LogP contribution >= 0.6 is 11.6 Å². The third-order valence-corrected chi connectivity index (χ3v) is 5.14. The minimum absolute atomic E-state index is 0.0803. The van der Waals surface area contributed by atoms with Gasteiger partial charge in [0, 0.05) is 30.0 Å². The maximum atomic E-state index is 13.0. The van der Waals surface area contributed by atoms with E-state index in [-0.39, 0.29) is 17.4 Å². The molecule has 0 aromatic heterocycles. The Kier molecular flexibility index (Phi) is 6.63. The van der Waals surface area contributed by atoms with E-state index in [1.165, 1.54) is 5.56 Å². The minimum Gasteiger partial charge on any atom is -0.390 e. The molecule has 1 atom stereocenters. The monoisotopic (exact) mass is 412 g/mol. The lowest BCUT2D eigenvalue weighted by Crippen LogP contribution is -2.38. The number of nitrogens with zero attached hydrogens (tertiary/aromatic N) is 2. The van der Waals surface area contributed by atoms with Crippen molar-refractivity contribution >= 4 is 23.2 Å². The van der Waals surface area contributed by atoms with Crippen molar-refractivity contribution in [2.24, 2.45) is 10.6 Å². The van der Waals surface area contributed by atoms with Crippen LogP contribution in [0.2, 0.25) is 5.02 Å². The van der Waals surface area contributed by atoms with Gasteiger partial charge in [0.05, 0.1) is 12.3 Å². The number of hydrogen-bond donors (Lipinski definition) is 0. The highest BCUT2D eigenvalue weighted by atomic mass is 35.5. The maximum absolute atomic E-state index is 13.0. The van der Waals surface area contributed by atoms with Crippen LogP contribution in [0.5, 0.6) is 0 Å². The molecule has 29 heavy (non-hydrogen) atoms. The fraction of sp³-hybridized carbons (Fsp3) is 0.417. The second-order valence-electron chi connectivity index (χ2n) is 8.93. The molecule has 0 unspecified atom stereocenters. The molecule has 1 amide bonds. The molecule has 0 N–H and O–H groups in total. The van der Waals surface area contributed by atoms with Crippen LogP contribution in [-0.2, 0) is 16.2 Å². The molecule has 0 fully saturated rings. The van der Waals surface area contributed by atoms with Crippen molar-refractivity contribution in [1.29, 1.82) is 0 Å². The van der Waals surface area contributed by atoms with Crippen LogP contribution in [0.3, 0.4) is 0 Å². The zero-order valence-electron chi connectivity index (χ0n) is 17.6. The Labute approximate surface area is 178 Å². The van der Waals surface area contributed by atoms with Gasteiger partial charge in [-0.15, -0.1) is 0 Å². The van der Waals surface area contributed by atoms with Crippen molar-refractivity contribution in [3.63, 3.8) is 0 Å². The van der Waals surface area contributed by atoms with Crippen molar-refractivity contribution in [3.05, 3.63) is 70.2 Å². The molecule has 2 aromatic carbocycles. The summed E-state index contributed by atoms with van der Waals surface area (Å²) >= 11 is 6.14. The molecule has 1 aliphatic rings. The van der Waals surface area contributed by atoms with E-state index in [0.717, 1.165) is 16.8 Å². The Morgan fingerprint density at radius 1 is 1.21 bits per heavy atom. The van der Waals surface area contributed by atoms with E-state index in [4.69, 9.17) is 16.4 Å². The van der Waals surface area contributed by atoms with Crippen molar-refractivity contribution in [3.8, 4) is 0 Å². The molecule has 2 aromatic rings. The maximum Gasteiger partial charge on any atom is 0.223 e. The summed E-state index contributed by atoms with van der Waals surface area (Å²) in [6, 6.07) is 15.8. The second kappa shape index (κ2) is 9.00. The van der Waals surface area contributed by atoms with E-state index in [1.54, 1.807) is 0 Å². The van der Waals surface area contributed by atoms with Gasteiger partial charge in [-0.2, -0.15) is 0 Å². The molecule has 0 spiro atoms. The number of hydrogen-bond acceptors (Lipinski definition) is 3. The summed E-state index contributed by atoms with van der Waals surface area (Å²) in [4.78, 5) is 20.6. The molecule has 0 bridgehead atoms. The summed E-state index contributed by atoms with van der Waals surface area (Å²) in [5.74, 6) is 0.116. The van der Waals surface area contributed by atoms with E-state index >= 15 is 0 Å². The van der Waals surface area contributed by atoms with E-state index in [9.17, 15) is 4.79 Å². The largest absolute Gasteiger partial charge is 0.390 e. The van der Waals surface area contributed by atoms with Crippen molar-refractivity contribution < 1.29 is 9.63 Å². The highest BCUT2D eigenvalue weighted by molar-refractivity contribution is 6.30. The number of halogens is 1. The van der Waals surface area contributed by atoms with Crippen LogP contribution in [0, 0.1) is 12.3 Å². The van der Waals surface area contributed by atoms with Crippen LogP contribution in [-0.4, -0.2) is 29.2 Å². The quantitative estimate of drug-likeness (QED) is 0.619. The van der Waals surface area contributed by atoms with Gasteiger partial charge in [-0.25, -0.2) is 0 Å². The summed E-state index contributed by atoms with van der Waals surface area (Å²) < 4.78 is 0.